The van der Waals surface area contributed by atoms with Gasteiger partial charge in [-0.25, -0.2) is 0 Å². The standard InChI is InChI=1S/C20H22N2O4/c1-11(2)26-18-14(5-4-6-15(18)25-3)10-21-22-19(23)16-12-7-8-13(9-12)17(16)20(22)24/h4-8,10-13,16-17H,9H2,1-3H3. The largest absolute Gasteiger partial charge is 0.493 e. The number of hydrogen-bond acceptors (Lipinski definition) is 5. The highest BCUT2D eigenvalue weighted by Crippen LogP contribution is 2.52. The number of carbonyl (C=O) groups is 2. The summed E-state index contributed by atoms with van der Waals surface area (Å²) >= 11 is 0. The molecule has 2 amide bonds. The summed E-state index contributed by atoms with van der Waals surface area (Å²) < 4.78 is 11.2. The lowest BCUT2D eigenvalue weighted by Crippen LogP contribution is -2.28. The minimum Gasteiger partial charge on any atom is -0.493 e. The van der Waals surface area contributed by atoms with Gasteiger partial charge in [-0.05, 0) is 44.2 Å². The molecule has 4 rings (SSSR count). The molecule has 0 radical (unpaired) electrons. The second-order valence-corrected chi connectivity index (χ2v) is 7.28. The van der Waals surface area contributed by atoms with E-state index in [-0.39, 0.29) is 41.6 Å². The number of benzene rings is 1. The fourth-order valence-corrected chi connectivity index (χ4v) is 4.28. The van der Waals surface area contributed by atoms with Crippen LogP contribution in [0.1, 0.15) is 25.8 Å². The fraction of sp³-hybridized carbons (Fsp3) is 0.450. The van der Waals surface area contributed by atoms with Gasteiger partial charge in [0.05, 0.1) is 31.3 Å². The van der Waals surface area contributed by atoms with E-state index in [9.17, 15) is 9.59 Å². The van der Waals surface area contributed by atoms with Crippen molar-refractivity contribution >= 4 is 18.0 Å². The lowest BCUT2D eigenvalue weighted by molar-refractivity contribution is -0.140. The second kappa shape index (κ2) is 6.27. The van der Waals surface area contributed by atoms with Crippen LogP contribution in [0.15, 0.2) is 35.5 Å². The van der Waals surface area contributed by atoms with Gasteiger partial charge in [-0.2, -0.15) is 10.1 Å². The molecule has 4 atom stereocenters. The van der Waals surface area contributed by atoms with E-state index in [0.717, 1.165) is 11.4 Å². The van der Waals surface area contributed by atoms with Gasteiger partial charge in [-0.1, -0.05) is 18.2 Å². The molecule has 6 nitrogen and oxygen atoms in total. The van der Waals surface area contributed by atoms with Crippen LogP contribution in [-0.2, 0) is 9.59 Å². The minimum absolute atomic E-state index is 0.0467. The van der Waals surface area contributed by atoms with Crippen molar-refractivity contribution in [1.82, 2.24) is 5.01 Å². The molecule has 0 N–H and O–H groups in total. The molecule has 1 aromatic rings. The Balaban J connectivity index is 1.61. The van der Waals surface area contributed by atoms with Crippen molar-refractivity contribution in [1.29, 1.82) is 0 Å². The molecule has 1 heterocycles. The average Bonchev–Trinajstić information content (AvgIpc) is 3.28. The summed E-state index contributed by atoms with van der Waals surface area (Å²) in [6.45, 7) is 3.84. The maximum absolute atomic E-state index is 12.7. The SMILES string of the molecule is COc1cccc(C=NN2C(=O)C3C4C=CC(C4)C3C2=O)c1OC(C)C. The number of ether oxygens (including phenoxy) is 2. The van der Waals surface area contributed by atoms with Crippen molar-refractivity contribution in [2.75, 3.05) is 7.11 Å². The molecule has 6 heteroatoms. The first-order valence-corrected chi connectivity index (χ1v) is 8.95. The van der Waals surface area contributed by atoms with Crippen LogP contribution in [0.2, 0.25) is 0 Å². The molecule has 2 fully saturated rings. The number of methoxy groups -OCH3 is 1. The quantitative estimate of drug-likeness (QED) is 0.463. The number of fused-ring (bicyclic) bond motifs is 5. The van der Waals surface area contributed by atoms with E-state index in [1.165, 1.54) is 6.21 Å². The summed E-state index contributed by atoms with van der Waals surface area (Å²) in [5.41, 5.74) is 0.664. The van der Waals surface area contributed by atoms with Gasteiger partial charge < -0.3 is 9.47 Å². The molecule has 2 bridgehead atoms. The molecular formula is C20H22N2O4. The first-order chi connectivity index (χ1) is 12.5. The van der Waals surface area contributed by atoms with Gasteiger partial charge in [0, 0.05) is 5.56 Å². The summed E-state index contributed by atoms with van der Waals surface area (Å²) in [5.74, 6) is 0.620. The van der Waals surface area contributed by atoms with Crippen molar-refractivity contribution in [3.8, 4) is 11.5 Å². The minimum atomic E-state index is -0.244. The van der Waals surface area contributed by atoms with E-state index < -0.39 is 0 Å². The number of hydrogen-bond donors (Lipinski definition) is 0. The summed E-state index contributed by atoms with van der Waals surface area (Å²) in [5, 5.41) is 5.27. The highest BCUT2D eigenvalue weighted by atomic mass is 16.5. The third-order valence-electron chi connectivity index (χ3n) is 5.34. The summed E-state index contributed by atoms with van der Waals surface area (Å²) in [6.07, 6.45) is 6.51. The fourth-order valence-electron chi connectivity index (χ4n) is 4.28. The van der Waals surface area contributed by atoms with Crippen LogP contribution in [0.5, 0.6) is 11.5 Å². The van der Waals surface area contributed by atoms with E-state index in [1.807, 2.05) is 26.0 Å². The Labute approximate surface area is 152 Å². The molecule has 1 aliphatic heterocycles. The van der Waals surface area contributed by atoms with Crippen LogP contribution in [0.3, 0.4) is 0 Å². The number of hydrazone groups is 1. The van der Waals surface area contributed by atoms with Crippen molar-refractivity contribution in [2.24, 2.45) is 28.8 Å². The lowest BCUT2D eigenvalue weighted by Gasteiger charge is -2.16. The predicted molar refractivity (Wildman–Crippen MR) is 95.9 cm³/mol. The Bertz CT molecular complexity index is 784. The van der Waals surface area contributed by atoms with Crippen molar-refractivity contribution in [3.05, 3.63) is 35.9 Å². The highest BCUT2D eigenvalue weighted by molar-refractivity contribution is 6.07. The molecule has 1 saturated carbocycles. The number of allylic oxidation sites excluding steroid dienone is 2. The molecular weight excluding hydrogens is 332 g/mol. The van der Waals surface area contributed by atoms with Crippen molar-refractivity contribution < 1.29 is 19.1 Å². The summed E-state index contributed by atoms with van der Waals surface area (Å²) in [4.78, 5) is 25.4. The lowest BCUT2D eigenvalue weighted by atomic mass is 9.85. The van der Waals surface area contributed by atoms with Crippen LogP contribution in [-0.4, -0.2) is 36.3 Å². The van der Waals surface area contributed by atoms with Crippen LogP contribution >= 0.6 is 0 Å². The first-order valence-electron chi connectivity index (χ1n) is 8.95. The van der Waals surface area contributed by atoms with Crippen LogP contribution in [0.4, 0.5) is 0 Å². The van der Waals surface area contributed by atoms with E-state index in [2.05, 4.69) is 17.3 Å². The van der Waals surface area contributed by atoms with Crippen LogP contribution in [0, 0.1) is 23.7 Å². The first kappa shape index (κ1) is 16.8. The van der Waals surface area contributed by atoms with Gasteiger partial charge in [0.2, 0.25) is 0 Å². The van der Waals surface area contributed by atoms with Crippen molar-refractivity contribution in [3.63, 3.8) is 0 Å². The summed E-state index contributed by atoms with van der Waals surface area (Å²) in [6, 6.07) is 5.44. The monoisotopic (exact) mass is 354 g/mol. The van der Waals surface area contributed by atoms with Gasteiger partial charge in [0.1, 0.15) is 0 Å². The normalized spacial score (nSPS) is 29.3. The Hall–Kier alpha value is -2.63. The Kier molecular flexibility index (Phi) is 4.05. The zero-order valence-corrected chi connectivity index (χ0v) is 15.1. The van der Waals surface area contributed by atoms with E-state index in [0.29, 0.717) is 17.1 Å². The molecule has 3 aliphatic rings. The van der Waals surface area contributed by atoms with Gasteiger partial charge in [0.25, 0.3) is 11.8 Å². The molecule has 0 spiro atoms. The van der Waals surface area contributed by atoms with Gasteiger partial charge in [0.15, 0.2) is 11.5 Å². The van der Waals surface area contributed by atoms with E-state index in [1.54, 1.807) is 13.2 Å². The molecule has 1 aromatic carbocycles. The topological polar surface area (TPSA) is 68.2 Å². The molecule has 4 unspecified atom stereocenters. The number of para-hydroxylation sites is 1. The molecule has 0 aromatic heterocycles. The molecule has 2 aliphatic carbocycles. The second-order valence-electron chi connectivity index (χ2n) is 7.28. The summed E-state index contributed by atoms with van der Waals surface area (Å²) in [7, 11) is 1.57. The van der Waals surface area contributed by atoms with E-state index >= 15 is 0 Å². The Morgan fingerprint density at radius 1 is 1.15 bits per heavy atom. The molecule has 136 valence electrons. The predicted octanol–water partition coefficient (Wildman–Crippen LogP) is 2.62. The van der Waals surface area contributed by atoms with Crippen LogP contribution in [0.25, 0.3) is 0 Å². The average molecular weight is 354 g/mol. The zero-order chi connectivity index (χ0) is 18.4. The van der Waals surface area contributed by atoms with E-state index in [4.69, 9.17) is 9.47 Å². The van der Waals surface area contributed by atoms with Gasteiger partial charge in [-0.3, -0.25) is 9.59 Å². The van der Waals surface area contributed by atoms with Crippen molar-refractivity contribution in [2.45, 2.75) is 26.4 Å². The Morgan fingerprint density at radius 2 is 1.81 bits per heavy atom. The number of imide groups is 1. The number of rotatable bonds is 5. The van der Waals surface area contributed by atoms with Gasteiger partial charge >= 0.3 is 0 Å². The highest BCUT2D eigenvalue weighted by Gasteiger charge is 2.59. The number of amides is 2. The third-order valence-corrected chi connectivity index (χ3v) is 5.34. The van der Waals surface area contributed by atoms with Crippen LogP contribution < -0.4 is 9.47 Å². The smallest absolute Gasteiger partial charge is 0.254 e. The van der Waals surface area contributed by atoms with Gasteiger partial charge in [-0.15, -0.1) is 0 Å². The Morgan fingerprint density at radius 3 is 2.38 bits per heavy atom. The number of carbonyl (C=O) groups excluding carboxylic acids is 2. The zero-order valence-electron chi connectivity index (χ0n) is 15.1. The molecule has 26 heavy (non-hydrogen) atoms. The maximum atomic E-state index is 12.7. The molecule has 1 saturated heterocycles. The third kappa shape index (κ3) is 2.52. The maximum Gasteiger partial charge on any atom is 0.254 e. The number of nitrogens with zero attached hydrogens (tertiary/aromatic N) is 2.